The molecule has 1 atom stereocenters. The Kier molecular flexibility index (Phi) is 3.74. The van der Waals surface area contributed by atoms with Crippen LogP contribution in [0.25, 0.3) is 0 Å². The first-order chi connectivity index (χ1) is 6.24. The van der Waals surface area contributed by atoms with E-state index in [1.165, 1.54) is 12.0 Å². The van der Waals surface area contributed by atoms with E-state index in [0.717, 1.165) is 18.8 Å². The largest absolute Gasteiger partial charge is 0.383 e. The maximum absolute atomic E-state index is 5.81. The van der Waals surface area contributed by atoms with Crippen molar-refractivity contribution in [3.63, 3.8) is 0 Å². The van der Waals surface area contributed by atoms with Gasteiger partial charge < -0.3 is 5.73 Å². The van der Waals surface area contributed by atoms with Gasteiger partial charge in [-0.2, -0.15) is 0 Å². The molecule has 1 aliphatic carbocycles. The third kappa shape index (κ3) is 3.05. The van der Waals surface area contributed by atoms with Crippen LogP contribution in [-0.2, 0) is 0 Å². The Bertz CT molecular complexity index is 249. The summed E-state index contributed by atoms with van der Waals surface area (Å²) in [5.41, 5.74) is 7.03. The summed E-state index contributed by atoms with van der Waals surface area (Å²) >= 11 is 0. The zero-order valence-electron chi connectivity index (χ0n) is 8.46. The fraction of sp³-hybridized carbons (Fsp3) is 0.545. The summed E-state index contributed by atoms with van der Waals surface area (Å²) in [6, 6.07) is 0. The summed E-state index contributed by atoms with van der Waals surface area (Å²) in [6.07, 6.45) is 9.30. The van der Waals surface area contributed by atoms with Crippen molar-refractivity contribution in [3.8, 4) is 0 Å². The molecule has 0 radical (unpaired) electrons. The van der Waals surface area contributed by atoms with Crippen LogP contribution in [0.15, 0.2) is 28.9 Å². The molecule has 72 valence electrons. The monoisotopic (exact) mass is 178 g/mol. The Morgan fingerprint density at radius 3 is 3.00 bits per heavy atom. The van der Waals surface area contributed by atoms with Gasteiger partial charge in [-0.15, -0.1) is 0 Å². The molecule has 0 aromatic carbocycles. The number of hydrogen-bond donors (Lipinski definition) is 1. The second-order valence-electron chi connectivity index (χ2n) is 3.61. The predicted octanol–water partition coefficient (Wildman–Crippen LogP) is 2.62. The van der Waals surface area contributed by atoms with E-state index in [1.54, 1.807) is 6.20 Å². The average Bonchev–Trinajstić information content (AvgIpc) is 2.15. The van der Waals surface area contributed by atoms with Crippen molar-refractivity contribution in [1.82, 2.24) is 0 Å². The number of nitrogens with zero attached hydrogens (tertiary/aromatic N) is 1. The Balaban J connectivity index is 2.62. The van der Waals surface area contributed by atoms with Gasteiger partial charge in [-0.05, 0) is 37.7 Å². The minimum Gasteiger partial charge on any atom is -0.383 e. The molecular weight excluding hydrogens is 160 g/mol. The van der Waals surface area contributed by atoms with Gasteiger partial charge in [0.1, 0.15) is 5.84 Å². The Labute approximate surface area is 80.2 Å². The number of rotatable bonds is 2. The summed E-state index contributed by atoms with van der Waals surface area (Å²) in [4.78, 5) is 4.14. The first-order valence-electron chi connectivity index (χ1n) is 4.88. The molecule has 0 aliphatic heterocycles. The lowest BCUT2D eigenvalue weighted by Crippen LogP contribution is -2.17. The van der Waals surface area contributed by atoms with E-state index in [4.69, 9.17) is 5.73 Å². The van der Waals surface area contributed by atoms with Crippen LogP contribution in [0.1, 0.15) is 33.1 Å². The van der Waals surface area contributed by atoms with Gasteiger partial charge in [0, 0.05) is 6.20 Å². The van der Waals surface area contributed by atoms with E-state index in [2.05, 4.69) is 18.0 Å². The van der Waals surface area contributed by atoms with E-state index in [0.29, 0.717) is 5.84 Å². The summed E-state index contributed by atoms with van der Waals surface area (Å²) in [6.45, 7) is 4.21. The zero-order chi connectivity index (χ0) is 9.68. The normalized spacial score (nSPS) is 24.9. The van der Waals surface area contributed by atoms with Crippen LogP contribution in [0.5, 0.6) is 0 Å². The second kappa shape index (κ2) is 4.85. The van der Waals surface area contributed by atoms with E-state index in [1.807, 2.05) is 13.0 Å². The van der Waals surface area contributed by atoms with E-state index >= 15 is 0 Å². The molecular formula is C11H18N2. The lowest BCUT2D eigenvalue weighted by atomic mass is 9.91. The van der Waals surface area contributed by atoms with Crippen molar-refractivity contribution in [2.75, 3.05) is 0 Å². The van der Waals surface area contributed by atoms with Gasteiger partial charge in [0.05, 0.1) is 0 Å². The van der Waals surface area contributed by atoms with Gasteiger partial charge in [0.15, 0.2) is 0 Å². The molecule has 0 saturated heterocycles. The first kappa shape index (κ1) is 10.0. The van der Waals surface area contributed by atoms with Crippen LogP contribution in [-0.4, -0.2) is 5.84 Å². The van der Waals surface area contributed by atoms with Gasteiger partial charge in [0.2, 0.25) is 0 Å². The van der Waals surface area contributed by atoms with E-state index < -0.39 is 0 Å². The average molecular weight is 178 g/mol. The van der Waals surface area contributed by atoms with Gasteiger partial charge in [-0.25, -0.2) is 4.99 Å². The highest BCUT2D eigenvalue weighted by molar-refractivity contribution is 5.97. The lowest BCUT2D eigenvalue weighted by Gasteiger charge is -2.17. The smallest absolute Gasteiger partial charge is 0.126 e. The maximum atomic E-state index is 5.81. The fourth-order valence-electron chi connectivity index (χ4n) is 1.44. The molecule has 0 aromatic rings. The minimum atomic E-state index is 0.685. The van der Waals surface area contributed by atoms with E-state index in [-0.39, 0.29) is 0 Å². The zero-order valence-corrected chi connectivity index (χ0v) is 8.46. The highest BCUT2D eigenvalue weighted by Crippen LogP contribution is 2.22. The van der Waals surface area contributed by atoms with Crippen molar-refractivity contribution in [2.45, 2.75) is 33.1 Å². The van der Waals surface area contributed by atoms with E-state index in [9.17, 15) is 0 Å². The highest BCUT2D eigenvalue weighted by Gasteiger charge is 2.11. The summed E-state index contributed by atoms with van der Waals surface area (Å²) in [5, 5.41) is 0. The van der Waals surface area contributed by atoms with Gasteiger partial charge in [-0.3, -0.25) is 0 Å². The molecule has 0 heterocycles. The molecule has 1 unspecified atom stereocenters. The predicted molar refractivity (Wildman–Crippen MR) is 57.5 cm³/mol. The number of hydrogen-bond acceptors (Lipinski definition) is 1. The molecule has 0 spiro atoms. The van der Waals surface area contributed by atoms with Crippen molar-refractivity contribution < 1.29 is 0 Å². The molecule has 0 fully saturated rings. The van der Waals surface area contributed by atoms with Crippen molar-refractivity contribution in [3.05, 3.63) is 23.9 Å². The molecule has 0 saturated carbocycles. The molecule has 13 heavy (non-hydrogen) atoms. The van der Waals surface area contributed by atoms with Crippen LogP contribution >= 0.6 is 0 Å². The van der Waals surface area contributed by atoms with Gasteiger partial charge in [-0.1, -0.05) is 19.1 Å². The molecule has 0 aromatic heterocycles. The first-order valence-corrected chi connectivity index (χ1v) is 4.88. The molecule has 2 nitrogen and oxygen atoms in total. The maximum Gasteiger partial charge on any atom is 0.126 e. The van der Waals surface area contributed by atoms with Crippen molar-refractivity contribution in [2.24, 2.45) is 16.6 Å². The fourth-order valence-corrected chi connectivity index (χ4v) is 1.44. The lowest BCUT2D eigenvalue weighted by molar-refractivity contribution is 0.520. The van der Waals surface area contributed by atoms with Crippen molar-refractivity contribution in [1.29, 1.82) is 0 Å². The standard InChI is InChI=1S/C11H18N2/c1-3-8-13-11(12)10-6-4-9(2)5-7-10/h3,6,8-9H,4-5,7H2,1-2H3,(H2,12,13)/b8-3-. The summed E-state index contributed by atoms with van der Waals surface area (Å²) < 4.78 is 0. The topological polar surface area (TPSA) is 38.4 Å². The second-order valence-corrected chi connectivity index (χ2v) is 3.61. The van der Waals surface area contributed by atoms with Crippen LogP contribution in [0, 0.1) is 5.92 Å². The molecule has 1 rings (SSSR count). The third-order valence-electron chi connectivity index (χ3n) is 2.36. The number of nitrogens with two attached hydrogens (primary N) is 1. The van der Waals surface area contributed by atoms with Crippen LogP contribution in [0.3, 0.4) is 0 Å². The number of aliphatic imine (C=N–C) groups is 1. The molecule has 0 amide bonds. The number of amidine groups is 1. The highest BCUT2D eigenvalue weighted by atomic mass is 14.8. The quantitative estimate of drug-likeness (QED) is 0.512. The Morgan fingerprint density at radius 2 is 2.46 bits per heavy atom. The van der Waals surface area contributed by atoms with Crippen molar-refractivity contribution >= 4 is 5.84 Å². The minimum absolute atomic E-state index is 0.685. The van der Waals surface area contributed by atoms with Crippen LogP contribution < -0.4 is 5.73 Å². The van der Waals surface area contributed by atoms with Gasteiger partial charge in [0.25, 0.3) is 0 Å². The third-order valence-corrected chi connectivity index (χ3v) is 2.36. The number of allylic oxidation sites excluding steroid dienone is 2. The molecule has 1 aliphatic rings. The SMILES string of the molecule is C/C=C\N=C(\N)C1=CCC(C)CC1. The van der Waals surface area contributed by atoms with Gasteiger partial charge >= 0.3 is 0 Å². The summed E-state index contributed by atoms with van der Waals surface area (Å²) in [7, 11) is 0. The Morgan fingerprint density at radius 1 is 1.69 bits per heavy atom. The molecule has 2 heteroatoms. The molecule has 0 bridgehead atoms. The molecule has 2 N–H and O–H groups in total. The van der Waals surface area contributed by atoms with Crippen LogP contribution in [0.2, 0.25) is 0 Å². The van der Waals surface area contributed by atoms with Crippen LogP contribution in [0.4, 0.5) is 0 Å². The Hall–Kier alpha value is -1.05. The summed E-state index contributed by atoms with van der Waals surface area (Å²) in [5.74, 6) is 1.49.